The van der Waals surface area contributed by atoms with Gasteiger partial charge in [-0.3, -0.25) is 4.79 Å². The van der Waals surface area contributed by atoms with E-state index in [2.05, 4.69) is 0 Å². The van der Waals surface area contributed by atoms with Gasteiger partial charge < -0.3 is 9.47 Å². The molecule has 0 spiro atoms. The molecule has 0 aliphatic rings. The first-order chi connectivity index (χ1) is 11.1. The second kappa shape index (κ2) is 7.76. The van der Waals surface area contributed by atoms with Gasteiger partial charge in [0.25, 0.3) is 0 Å². The van der Waals surface area contributed by atoms with Crippen LogP contribution in [-0.2, 0) is 16.1 Å². The molecule has 0 saturated carbocycles. The number of ether oxygens (including phenoxy) is 2. The van der Waals surface area contributed by atoms with Gasteiger partial charge in [0.1, 0.15) is 12.4 Å². The summed E-state index contributed by atoms with van der Waals surface area (Å²) < 4.78 is 10.4. The average Bonchev–Trinajstić information content (AvgIpc) is 2.58. The Morgan fingerprint density at radius 1 is 1.13 bits per heavy atom. The zero-order valence-corrected chi connectivity index (χ0v) is 12.6. The fraction of sp³-hybridized carbons (Fsp3) is 0.167. The molecule has 0 bridgehead atoms. The summed E-state index contributed by atoms with van der Waals surface area (Å²) in [6.45, 7) is 1.34. The highest BCUT2D eigenvalue weighted by atomic mass is 16.6. The molecule has 0 N–H and O–H groups in total. The Hall–Kier alpha value is -3.13. The maximum absolute atomic E-state index is 11.7. The van der Waals surface area contributed by atoms with Crippen molar-refractivity contribution < 1.29 is 19.1 Å². The number of rotatable bonds is 6. The molecule has 2 aromatic rings. The van der Waals surface area contributed by atoms with E-state index < -0.39 is 5.97 Å². The third-order valence-electron chi connectivity index (χ3n) is 3.07. The van der Waals surface area contributed by atoms with E-state index in [-0.39, 0.29) is 19.0 Å². The molecule has 0 unspecified atom stereocenters. The molecule has 0 aromatic heterocycles. The molecule has 5 heteroatoms. The van der Waals surface area contributed by atoms with Crippen LogP contribution in [0.1, 0.15) is 28.4 Å². The van der Waals surface area contributed by atoms with E-state index >= 15 is 0 Å². The first-order valence-corrected chi connectivity index (χ1v) is 6.97. The van der Waals surface area contributed by atoms with Gasteiger partial charge in [0.15, 0.2) is 12.4 Å². The number of ketones is 1. The summed E-state index contributed by atoms with van der Waals surface area (Å²) in [6, 6.07) is 15.4. The molecule has 0 aliphatic carbocycles. The Morgan fingerprint density at radius 2 is 1.87 bits per heavy atom. The Morgan fingerprint density at radius 3 is 2.52 bits per heavy atom. The van der Waals surface area contributed by atoms with Crippen LogP contribution in [0.5, 0.6) is 5.75 Å². The molecule has 0 saturated heterocycles. The second-order valence-corrected chi connectivity index (χ2v) is 4.84. The number of benzene rings is 2. The molecule has 23 heavy (non-hydrogen) atoms. The first-order valence-electron chi connectivity index (χ1n) is 6.97. The molecule has 0 fully saturated rings. The largest absolute Gasteiger partial charge is 0.482 e. The van der Waals surface area contributed by atoms with Crippen LogP contribution in [0.2, 0.25) is 0 Å². The molecular weight excluding hydrogens is 294 g/mol. The van der Waals surface area contributed by atoms with Crippen molar-refractivity contribution in [1.82, 2.24) is 0 Å². The fourth-order valence-corrected chi connectivity index (χ4v) is 1.86. The van der Waals surface area contributed by atoms with Gasteiger partial charge in [0, 0.05) is 5.56 Å². The van der Waals surface area contributed by atoms with Crippen molar-refractivity contribution in [3.63, 3.8) is 0 Å². The Kier molecular flexibility index (Phi) is 5.48. The van der Waals surface area contributed by atoms with Crippen LogP contribution in [0.3, 0.4) is 0 Å². The van der Waals surface area contributed by atoms with Crippen LogP contribution in [-0.4, -0.2) is 18.4 Å². The van der Waals surface area contributed by atoms with Gasteiger partial charge in [0.2, 0.25) is 0 Å². The fourth-order valence-electron chi connectivity index (χ4n) is 1.86. The summed E-state index contributed by atoms with van der Waals surface area (Å²) >= 11 is 0. The standard InChI is InChI=1S/C18H15NO4/c1-13(20)16-5-7-17(8-6-16)22-12-18(21)23-11-15-4-2-3-14(9-15)10-19/h2-9H,11-12H2,1H3. The Bertz CT molecular complexity index is 744. The summed E-state index contributed by atoms with van der Waals surface area (Å²) in [5.41, 5.74) is 1.83. The number of carbonyl (C=O) groups excluding carboxylic acids is 2. The zero-order valence-electron chi connectivity index (χ0n) is 12.6. The highest BCUT2D eigenvalue weighted by Gasteiger charge is 2.06. The number of carbonyl (C=O) groups is 2. The number of Topliss-reactive ketones (excluding diaryl/α,β-unsaturated/α-hetero) is 1. The van der Waals surface area contributed by atoms with Crippen molar-refractivity contribution in [1.29, 1.82) is 5.26 Å². The van der Waals surface area contributed by atoms with Gasteiger partial charge >= 0.3 is 5.97 Å². The van der Waals surface area contributed by atoms with Gasteiger partial charge in [-0.25, -0.2) is 4.79 Å². The Balaban J connectivity index is 1.80. The minimum absolute atomic E-state index is 0.0319. The molecule has 2 aromatic carbocycles. The van der Waals surface area contributed by atoms with Crippen LogP contribution < -0.4 is 4.74 Å². The molecule has 0 radical (unpaired) electrons. The van der Waals surface area contributed by atoms with Crippen molar-refractivity contribution in [2.45, 2.75) is 13.5 Å². The van der Waals surface area contributed by atoms with Crippen LogP contribution in [0.15, 0.2) is 48.5 Å². The molecule has 0 heterocycles. The smallest absolute Gasteiger partial charge is 0.344 e. The van der Waals surface area contributed by atoms with Crippen molar-refractivity contribution >= 4 is 11.8 Å². The molecular formula is C18H15NO4. The van der Waals surface area contributed by atoms with Gasteiger partial charge in [0.05, 0.1) is 11.6 Å². The molecule has 0 aliphatic heterocycles. The number of esters is 1. The lowest BCUT2D eigenvalue weighted by Gasteiger charge is -2.07. The summed E-state index contributed by atoms with van der Waals surface area (Å²) in [5, 5.41) is 8.80. The summed E-state index contributed by atoms with van der Waals surface area (Å²) in [7, 11) is 0. The average molecular weight is 309 g/mol. The van der Waals surface area contributed by atoms with E-state index in [4.69, 9.17) is 14.7 Å². The number of hydrogen-bond donors (Lipinski definition) is 0. The predicted molar refractivity (Wildman–Crippen MR) is 82.9 cm³/mol. The van der Waals surface area contributed by atoms with Crippen LogP contribution in [0, 0.1) is 11.3 Å². The lowest BCUT2D eigenvalue weighted by atomic mass is 10.1. The highest BCUT2D eigenvalue weighted by molar-refractivity contribution is 5.94. The Labute approximate surface area is 134 Å². The van der Waals surface area contributed by atoms with Gasteiger partial charge in [-0.05, 0) is 48.9 Å². The monoisotopic (exact) mass is 309 g/mol. The normalized spacial score (nSPS) is 9.74. The zero-order chi connectivity index (χ0) is 16.7. The maximum atomic E-state index is 11.7. The van der Waals surface area contributed by atoms with Crippen molar-refractivity contribution in [3.05, 3.63) is 65.2 Å². The van der Waals surface area contributed by atoms with Crippen molar-refractivity contribution in [3.8, 4) is 11.8 Å². The number of hydrogen-bond acceptors (Lipinski definition) is 5. The SMILES string of the molecule is CC(=O)c1ccc(OCC(=O)OCc2cccc(C#N)c2)cc1. The van der Waals surface area contributed by atoms with Crippen molar-refractivity contribution in [2.75, 3.05) is 6.61 Å². The molecule has 0 amide bonds. The summed E-state index contributed by atoms with van der Waals surface area (Å²) in [5.74, 6) is -0.0583. The number of nitriles is 1. The van der Waals surface area contributed by atoms with E-state index in [9.17, 15) is 9.59 Å². The van der Waals surface area contributed by atoms with E-state index in [1.54, 1.807) is 48.5 Å². The van der Waals surface area contributed by atoms with Crippen LogP contribution in [0.25, 0.3) is 0 Å². The molecule has 0 atom stereocenters. The van der Waals surface area contributed by atoms with E-state index in [1.165, 1.54) is 6.92 Å². The van der Waals surface area contributed by atoms with E-state index in [0.29, 0.717) is 16.9 Å². The summed E-state index contributed by atoms with van der Waals surface area (Å²) in [6.07, 6.45) is 0. The third kappa shape index (κ3) is 4.97. The minimum Gasteiger partial charge on any atom is -0.482 e. The van der Waals surface area contributed by atoms with E-state index in [1.807, 2.05) is 6.07 Å². The number of nitrogens with zero attached hydrogens (tertiary/aromatic N) is 1. The van der Waals surface area contributed by atoms with Crippen LogP contribution in [0.4, 0.5) is 0 Å². The topological polar surface area (TPSA) is 76.4 Å². The first kappa shape index (κ1) is 16.2. The second-order valence-electron chi connectivity index (χ2n) is 4.84. The lowest BCUT2D eigenvalue weighted by molar-refractivity contribution is -0.147. The maximum Gasteiger partial charge on any atom is 0.344 e. The lowest BCUT2D eigenvalue weighted by Crippen LogP contribution is -2.14. The van der Waals surface area contributed by atoms with E-state index in [0.717, 1.165) is 5.56 Å². The molecule has 116 valence electrons. The van der Waals surface area contributed by atoms with Crippen LogP contribution >= 0.6 is 0 Å². The summed E-state index contributed by atoms with van der Waals surface area (Å²) in [4.78, 5) is 22.8. The molecule has 5 nitrogen and oxygen atoms in total. The van der Waals surface area contributed by atoms with Crippen molar-refractivity contribution in [2.24, 2.45) is 0 Å². The van der Waals surface area contributed by atoms with Gasteiger partial charge in [-0.15, -0.1) is 0 Å². The molecule has 2 rings (SSSR count). The quantitative estimate of drug-likeness (QED) is 0.606. The third-order valence-corrected chi connectivity index (χ3v) is 3.07. The minimum atomic E-state index is -0.511. The van der Waals surface area contributed by atoms with Gasteiger partial charge in [-0.2, -0.15) is 5.26 Å². The predicted octanol–water partition coefficient (Wildman–Crippen LogP) is 2.88. The highest BCUT2D eigenvalue weighted by Crippen LogP contribution is 2.13. The van der Waals surface area contributed by atoms with Gasteiger partial charge in [-0.1, -0.05) is 12.1 Å².